The normalized spacial score (nSPS) is 26.9. The zero-order chi connectivity index (χ0) is 14.8. The SMILES string of the molecule is CC1NNC(C)C1CC(=O)NCc1ccc2c(c1)OCO2. The van der Waals surface area contributed by atoms with Crippen molar-refractivity contribution in [1.29, 1.82) is 0 Å². The van der Waals surface area contributed by atoms with Crippen molar-refractivity contribution in [2.24, 2.45) is 5.92 Å². The molecular formula is C15H21N3O3. The molecule has 2 aliphatic rings. The van der Waals surface area contributed by atoms with Crippen LogP contribution < -0.4 is 25.6 Å². The quantitative estimate of drug-likeness (QED) is 0.769. The van der Waals surface area contributed by atoms with Gasteiger partial charge in [-0.2, -0.15) is 0 Å². The number of benzene rings is 1. The van der Waals surface area contributed by atoms with Gasteiger partial charge in [0.25, 0.3) is 0 Å². The molecule has 0 radical (unpaired) electrons. The Kier molecular flexibility index (Phi) is 3.98. The monoisotopic (exact) mass is 291 g/mol. The van der Waals surface area contributed by atoms with E-state index >= 15 is 0 Å². The Morgan fingerprint density at radius 1 is 1.24 bits per heavy atom. The van der Waals surface area contributed by atoms with Crippen molar-refractivity contribution in [3.63, 3.8) is 0 Å². The largest absolute Gasteiger partial charge is 0.454 e. The summed E-state index contributed by atoms with van der Waals surface area (Å²) in [6, 6.07) is 6.33. The summed E-state index contributed by atoms with van der Waals surface area (Å²) in [7, 11) is 0. The van der Waals surface area contributed by atoms with Gasteiger partial charge in [-0.05, 0) is 31.5 Å². The van der Waals surface area contributed by atoms with Crippen LogP contribution in [0.5, 0.6) is 11.5 Å². The highest BCUT2D eigenvalue weighted by Gasteiger charge is 2.31. The molecule has 0 spiro atoms. The molecule has 21 heavy (non-hydrogen) atoms. The lowest BCUT2D eigenvalue weighted by atomic mass is 9.93. The highest BCUT2D eigenvalue weighted by molar-refractivity contribution is 5.76. The van der Waals surface area contributed by atoms with Crippen LogP contribution in [-0.4, -0.2) is 24.8 Å². The Labute approximate surface area is 124 Å². The van der Waals surface area contributed by atoms with Crippen LogP contribution in [0.15, 0.2) is 18.2 Å². The number of hydrogen-bond acceptors (Lipinski definition) is 5. The minimum absolute atomic E-state index is 0.0712. The second-order valence-electron chi connectivity index (χ2n) is 5.70. The zero-order valence-electron chi connectivity index (χ0n) is 12.3. The molecular weight excluding hydrogens is 270 g/mol. The molecule has 3 N–H and O–H groups in total. The summed E-state index contributed by atoms with van der Waals surface area (Å²) >= 11 is 0. The summed E-state index contributed by atoms with van der Waals surface area (Å²) in [5.41, 5.74) is 7.34. The molecule has 2 aliphatic heterocycles. The van der Waals surface area contributed by atoms with Crippen LogP contribution in [0, 0.1) is 5.92 Å². The van der Waals surface area contributed by atoms with Crippen LogP contribution in [0.1, 0.15) is 25.8 Å². The van der Waals surface area contributed by atoms with Crippen molar-refractivity contribution in [2.75, 3.05) is 6.79 Å². The van der Waals surface area contributed by atoms with Crippen LogP contribution >= 0.6 is 0 Å². The maximum Gasteiger partial charge on any atom is 0.231 e. The molecule has 0 bridgehead atoms. The summed E-state index contributed by atoms with van der Waals surface area (Å²) in [6.45, 7) is 4.95. The average Bonchev–Trinajstić information content (AvgIpc) is 3.06. The van der Waals surface area contributed by atoms with Gasteiger partial charge in [0.2, 0.25) is 12.7 Å². The summed E-state index contributed by atoms with van der Waals surface area (Å²) < 4.78 is 10.6. The smallest absolute Gasteiger partial charge is 0.231 e. The van der Waals surface area contributed by atoms with Gasteiger partial charge in [-0.15, -0.1) is 0 Å². The molecule has 0 saturated carbocycles. The molecule has 3 rings (SSSR count). The minimum atomic E-state index is 0.0712. The van der Waals surface area contributed by atoms with E-state index in [1.165, 1.54) is 0 Å². The topological polar surface area (TPSA) is 71.6 Å². The summed E-state index contributed by atoms with van der Waals surface area (Å²) in [5.74, 6) is 1.88. The van der Waals surface area contributed by atoms with Gasteiger partial charge in [0.1, 0.15) is 0 Å². The molecule has 0 aromatic heterocycles. The highest BCUT2D eigenvalue weighted by Crippen LogP contribution is 2.32. The van der Waals surface area contributed by atoms with E-state index in [0.29, 0.717) is 31.0 Å². The number of rotatable bonds is 4. The van der Waals surface area contributed by atoms with Crippen LogP contribution in [0.3, 0.4) is 0 Å². The Morgan fingerprint density at radius 2 is 1.95 bits per heavy atom. The first-order valence-corrected chi connectivity index (χ1v) is 7.30. The lowest BCUT2D eigenvalue weighted by Gasteiger charge is -2.17. The van der Waals surface area contributed by atoms with Crippen molar-refractivity contribution in [1.82, 2.24) is 16.2 Å². The van der Waals surface area contributed by atoms with Crippen molar-refractivity contribution >= 4 is 5.91 Å². The van der Waals surface area contributed by atoms with E-state index < -0.39 is 0 Å². The van der Waals surface area contributed by atoms with E-state index in [-0.39, 0.29) is 12.7 Å². The lowest BCUT2D eigenvalue weighted by Crippen LogP contribution is -2.31. The van der Waals surface area contributed by atoms with Gasteiger partial charge in [-0.3, -0.25) is 15.6 Å². The standard InChI is InChI=1S/C15H21N3O3/c1-9-12(10(2)18-17-9)6-15(19)16-7-11-3-4-13-14(5-11)21-8-20-13/h3-5,9-10,12,17-18H,6-8H2,1-2H3,(H,16,19). The molecule has 1 fully saturated rings. The third kappa shape index (κ3) is 3.11. The second kappa shape index (κ2) is 5.91. The minimum Gasteiger partial charge on any atom is -0.454 e. The predicted octanol–water partition coefficient (Wildman–Crippen LogP) is 0.923. The van der Waals surface area contributed by atoms with Crippen molar-refractivity contribution < 1.29 is 14.3 Å². The third-order valence-corrected chi connectivity index (χ3v) is 4.17. The lowest BCUT2D eigenvalue weighted by molar-refractivity contribution is -0.122. The Balaban J connectivity index is 1.52. The van der Waals surface area contributed by atoms with Gasteiger partial charge in [0.05, 0.1) is 0 Å². The van der Waals surface area contributed by atoms with Gasteiger partial charge in [-0.1, -0.05) is 6.07 Å². The Morgan fingerprint density at radius 3 is 2.71 bits per heavy atom. The Bertz CT molecular complexity index is 525. The van der Waals surface area contributed by atoms with Gasteiger partial charge in [0.15, 0.2) is 11.5 Å². The predicted molar refractivity (Wildman–Crippen MR) is 77.7 cm³/mol. The fourth-order valence-electron chi connectivity index (χ4n) is 2.80. The fraction of sp³-hybridized carbons (Fsp3) is 0.533. The number of nitrogens with one attached hydrogen (secondary N) is 3. The van der Waals surface area contributed by atoms with E-state index in [2.05, 4.69) is 30.0 Å². The number of carbonyl (C=O) groups excluding carboxylic acids is 1. The maximum absolute atomic E-state index is 12.1. The number of fused-ring (bicyclic) bond motifs is 1. The van der Waals surface area contributed by atoms with Crippen LogP contribution in [-0.2, 0) is 11.3 Å². The molecule has 6 heteroatoms. The van der Waals surface area contributed by atoms with Gasteiger partial charge < -0.3 is 14.8 Å². The molecule has 2 heterocycles. The summed E-state index contributed by atoms with van der Waals surface area (Å²) in [5, 5.41) is 2.97. The number of hydrazine groups is 1. The highest BCUT2D eigenvalue weighted by atomic mass is 16.7. The van der Waals surface area contributed by atoms with Gasteiger partial charge in [0, 0.05) is 31.0 Å². The fourth-order valence-corrected chi connectivity index (χ4v) is 2.80. The van der Waals surface area contributed by atoms with Crippen LogP contribution in [0.2, 0.25) is 0 Å². The van der Waals surface area contributed by atoms with Crippen molar-refractivity contribution in [2.45, 2.75) is 38.9 Å². The van der Waals surface area contributed by atoms with E-state index in [1.807, 2.05) is 18.2 Å². The van der Waals surface area contributed by atoms with E-state index in [0.717, 1.165) is 17.1 Å². The van der Waals surface area contributed by atoms with Gasteiger partial charge >= 0.3 is 0 Å². The van der Waals surface area contributed by atoms with E-state index in [1.54, 1.807) is 0 Å². The number of hydrogen-bond donors (Lipinski definition) is 3. The van der Waals surface area contributed by atoms with E-state index in [4.69, 9.17) is 9.47 Å². The maximum atomic E-state index is 12.1. The van der Waals surface area contributed by atoms with Gasteiger partial charge in [-0.25, -0.2) is 0 Å². The first-order chi connectivity index (χ1) is 10.1. The zero-order valence-corrected chi connectivity index (χ0v) is 12.3. The molecule has 6 nitrogen and oxygen atoms in total. The molecule has 1 aromatic rings. The molecule has 1 amide bonds. The Hall–Kier alpha value is -1.79. The molecule has 1 aromatic carbocycles. The van der Waals surface area contributed by atoms with Crippen molar-refractivity contribution in [3.05, 3.63) is 23.8 Å². The average molecular weight is 291 g/mol. The summed E-state index contributed by atoms with van der Waals surface area (Å²) in [6.07, 6.45) is 0.521. The summed E-state index contributed by atoms with van der Waals surface area (Å²) in [4.78, 5) is 12.1. The molecule has 0 aliphatic carbocycles. The number of ether oxygens (including phenoxy) is 2. The van der Waals surface area contributed by atoms with Crippen LogP contribution in [0.25, 0.3) is 0 Å². The second-order valence-corrected chi connectivity index (χ2v) is 5.70. The molecule has 2 atom stereocenters. The molecule has 2 unspecified atom stereocenters. The first kappa shape index (κ1) is 14.2. The molecule has 114 valence electrons. The van der Waals surface area contributed by atoms with Crippen molar-refractivity contribution in [3.8, 4) is 11.5 Å². The first-order valence-electron chi connectivity index (χ1n) is 7.30. The molecule has 1 saturated heterocycles. The number of amides is 1. The van der Waals surface area contributed by atoms with Crippen LogP contribution in [0.4, 0.5) is 0 Å². The number of carbonyl (C=O) groups is 1. The van der Waals surface area contributed by atoms with E-state index in [9.17, 15) is 4.79 Å². The third-order valence-electron chi connectivity index (χ3n) is 4.17.